The molecule has 142 valence electrons. The summed E-state index contributed by atoms with van der Waals surface area (Å²) in [6, 6.07) is 7.40. The normalized spacial score (nSPS) is 11.0. The number of aryl methyl sites for hydroxylation is 2. The fourth-order valence-electron chi connectivity index (χ4n) is 3.22. The third-order valence-corrected chi connectivity index (χ3v) is 4.72. The predicted octanol–water partition coefficient (Wildman–Crippen LogP) is 3.01. The zero-order valence-electron chi connectivity index (χ0n) is 16.1. The molecule has 0 unspecified atom stereocenters. The lowest BCUT2D eigenvalue weighted by Gasteiger charge is -2.12. The monoisotopic (exact) mass is 376 g/mol. The van der Waals surface area contributed by atoms with Crippen LogP contribution in [0, 0.1) is 13.8 Å². The van der Waals surface area contributed by atoms with Gasteiger partial charge in [0.25, 0.3) is 5.91 Å². The van der Waals surface area contributed by atoms with Crippen LogP contribution in [0.1, 0.15) is 21.7 Å². The highest BCUT2D eigenvalue weighted by atomic mass is 16.5. The van der Waals surface area contributed by atoms with Crippen molar-refractivity contribution in [3.05, 3.63) is 59.8 Å². The Morgan fingerprint density at radius 1 is 1.25 bits per heavy atom. The zero-order chi connectivity index (χ0) is 19.8. The minimum atomic E-state index is -0.227. The van der Waals surface area contributed by atoms with Crippen molar-refractivity contribution < 1.29 is 9.53 Å². The van der Waals surface area contributed by atoms with Gasteiger partial charge < -0.3 is 10.1 Å². The van der Waals surface area contributed by atoms with Crippen molar-refractivity contribution in [3.8, 4) is 17.0 Å². The minimum Gasteiger partial charge on any atom is -0.495 e. The second-order valence-electron chi connectivity index (χ2n) is 6.49. The van der Waals surface area contributed by atoms with Gasteiger partial charge in [0.15, 0.2) is 0 Å². The largest absolute Gasteiger partial charge is 0.495 e. The standard InChI is InChI=1S/C20H20N6O2/c1-12-18(13(2)25(3)24-12)19(27)22-15-10-14(6-7-17(15)28-4)16-11-26-9-5-8-21-20(26)23-16/h5-11H,1-4H3,(H,22,27). The van der Waals surface area contributed by atoms with Gasteiger partial charge in [0.2, 0.25) is 5.78 Å². The summed E-state index contributed by atoms with van der Waals surface area (Å²) in [7, 11) is 3.39. The van der Waals surface area contributed by atoms with E-state index >= 15 is 0 Å². The number of aromatic nitrogens is 5. The number of nitrogens with zero attached hydrogens (tertiary/aromatic N) is 5. The van der Waals surface area contributed by atoms with E-state index in [2.05, 4.69) is 20.4 Å². The van der Waals surface area contributed by atoms with Crippen LogP contribution in [0.2, 0.25) is 0 Å². The Bertz CT molecular complexity index is 1160. The van der Waals surface area contributed by atoms with Crippen LogP contribution in [0.4, 0.5) is 5.69 Å². The average molecular weight is 376 g/mol. The van der Waals surface area contributed by atoms with E-state index < -0.39 is 0 Å². The molecule has 28 heavy (non-hydrogen) atoms. The Morgan fingerprint density at radius 2 is 2.07 bits per heavy atom. The first-order valence-electron chi connectivity index (χ1n) is 8.77. The molecule has 0 aliphatic rings. The molecule has 4 aromatic rings. The van der Waals surface area contributed by atoms with Crippen LogP contribution in [0.5, 0.6) is 5.75 Å². The number of carbonyl (C=O) groups excluding carboxylic acids is 1. The van der Waals surface area contributed by atoms with E-state index in [-0.39, 0.29) is 5.91 Å². The number of rotatable bonds is 4. The molecular weight excluding hydrogens is 356 g/mol. The van der Waals surface area contributed by atoms with E-state index in [4.69, 9.17) is 4.74 Å². The van der Waals surface area contributed by atoms with Gasteiger partial charge in [0.05, 0.1) is 29.7 Å². The number of imidazole rings is 1. The molecule has 8 heteroatoms. The number of anilines is 1. The second-order valence-corrected chi connectivity index (χ2v) is 6.49. The topological polar surface area (TPSA) is 86.3 Å². The van der Waals surface area contributed by atoms with E-state index in [9.17, 15) is 4.79 Å². The second kappa shape index (κ2) is 6.80. The number of nitrogens with one attached hydrogen (secondary N) is 1. The SMILES string of the molecule is COc1ccc(-c2cn3cccnc3n2)cc1NC(=O)c1c(C)nn(C)c1C. The molecule has 0 spiro atoms. The Morgan fingerprint density at radius 3 is 2.75 bits per heavy atom. The van der Waals surface area contributed by atoms with Gasteiger partial charge in [-0.3, -0.25) is 13.9 Å². The molecule has 0 radical (unpaired) electrons. The number of hydrogen-bond acceptors (Lipinski definition) is 5. The number of ether oxygens (including phenoxy) is 1. The number of benzene rings is 1. The molecule has 0 saturated heterocycles. The maximum atomic E-state index is 12.9. The number of amides is 1. The van der Waals surface area contributed by atoms with Gasteiger partial charge in [0.1, 0.15) is 5.75 Å². The molecule has 1 aromatic carbocycles. The summed E-state index contributed by atoms with van der Waals surface area (Å²) in [5.41, 5.74) is 4.21. The molecule has 0 aliphatic heterocycles. The third kappa shape index (κ3) is 2.98. The van der Waals surface area contributed by atoms with Gasteiger partial charge in [-0.05, 0) is 38.1 Å². The van der Waals surface area contributed by atoms with Gasteiger partial charge in [-0.25, -0.2) is 9.97 Å². The Labute approximate surface area is 161 Å². The fraction of sp³-hybridized carbons (Fsp3) is 0.200. The Hall–Kier alpha value is -3.68. The average Bonchev–Trinajstić information content (AvgIpc) is 3.22. The van der Waals surface area contributed by atoms with Crippen LogP contribution in [0.25, 0.3) is 17.0 Å². The molecule has 1 N–H and O–H groups in total. The molecule has 1 amide bonds. The summed E-state index contributed by atoms with van der Waals surface area (Å²) in [6.45, 7) is 3.69. The maximum Gasteiger partial charge on any atom is 0.259 e. The number of hydrogen-bond donors (Lipinski definition) is 1. The lowest BCUT2D eigenvalue weighted by molar-refractivity contribution is 0.102. The van der Waals surface area contributed by atoms with Crippen molar-refractivity contribution in [2.75, 3.05) is 12.4 Å². The van der Waals surface area contributed by atoms with Crippen molar-refractivity contribution in [1.82, 2.24) is 24.1 Å². The quantitative estimate of drug-likeness (QED) is 0.592. The van der Waals surface area contributed by atoms with Gasteiger partial charge in [-0.2, -0.15) is 5.10 Å². The molecule has 3 aromatic heterocycles. The van der Waals surface area contributed by atoms with Crippen molar-refractivity contribution >= 4 is 17.4 Å². The van der Waals surface area contributed by atoms with E-state index in [0.29, 0.717) is 28.5 Å². The van der Waals surface area contributed by atoms with Crippen molar-refractivity contribution in [1.29, 1.82) is 0 Å². The van der Waals surface area contributed by atoms with Crippen LogP contribution < -0.4 is 10.1 Å². The molecule has 0 atom stereocenters. The van der Waals surface area contributed by atoms with Crippen molar-refractivity contribution in [3.63, 3.8) is 0 Å². The molecule has 0 aliphatic carbocycles. The van der Waals surface area contributed by atoms with Crippen LogP contribution in [-0.2, 0) is 7.05 Å². The summed E-state index contributed by atoms with van der Waals surface area (Å²) >= 11 is 0. The Balaban J connectivity index is 1.72. The van der Waals surface area contributed by atoms with Crippen LogP contribution >= 0.6 is 0 Å². The van der Waals surface area contributed by atoms with E-state index in [0.717, 1.165) is 17.0 Å². The predicted molar refractivity (Wildman–Crippen MR) is 106 cm³/mol. The van der Waals surface area contributed by atoms with Crippen LogP contribution in [-0.4, -0.2) is 37.2 Å². The van der Waals surface area contributed by atoms with Gasteiger partial charge in [0, 0.05) is 36.9 Å². The van der Waals surface area contributed by atoms with Gasteiger partial charge >= 0.3 is 0 Å². The first kappa shape index (κ1) is 17.7. The number of fused-ring (bicyclic) bond motifs is 1. The smallest absolute Gasteiger partial charge is 0.259 e. The van der Waals surface area contributed by atoms with Crippen molar-refractivity contribution in [2.45, 2.75) is 13.8 Å². The molecule has 8 nitrogen and oxygen atoms in total. The molecular formula is C20H20N6O2. The molecule has 0 saturated carbocycles. The molecule has 0 fully saturated rings. The third-order valence-electron chi connectivity index (χ3n) is 4.72. The summed E-state index contributed by atoms with van der Waals surface area (Å²) in [4.78, 5) is 21.7. The lowest BCUT2D eigenvalue weighted by Crippen LogP contribution is -2.14. The van der Waals surface area contributed by atoms with Gasteiger partial charge in [-0.1, -0.05) is 0 Å². The van der Waals surface area contributed by atoms with Crippen molar-refractivity contribution in [2.24, 2.45) is 7.05 Å². The maximum absolute atomic E-state index is 12.9. The highest BCUT2D eigenvalue weighted by molar-refractivity contribution is 6.06. The van der Waals surface area contributed by atoms with Crippen LogP contribution in [0.15, 0.2) is 42.9 Å². The Kier molecular flexibility index (Phi) is 4.31. The van der Waals surface area contributed by atoms with Gasteiger partial charge in [-0.15, -0.1) is 0 Å². The first-order chi connectivity index (χ1) is 13.5. The molecule has 4 rings (SSSR count). The lowest BCUT2D eigenvalue weighted by atomic mass is 10.1. The number of carbonyl (C=O) groups is 1. The summed E-state index contributed by atoms with van der Waals surface area (Å²) in [5.74, 6) is 0.953. The summed E-state index contributed by atoms with van der Waals surface area (Å²) in [6.07, 6.45) is 5.48. The van der Waals surface area contributed by atoms with E-state index in [1.165, 1.54) is 0 Å². The molecule has 0 bridgehead atoms. The summed E-state index contributed by atoms with van der Waals surface area (Å²) < 4.78 is 8.97. The minimum absolute atomic E-state index is 0.227. The zero-order valence-corrected chi connectivity index (χ0v) is 16.1. The highest BCUT2D eigenvalue weighted by Crippen LogP contribution is 2.31. The number of methoxy groups -OCH3 is 1. The fourth-order valence-corrected chi connectivity index (χ4v) is 3.22. The first-order valence-corrected chi connectivity index (χ1v) is 8.77. The summed E-state index contributed by atoms with van der Waals surface area (Å²) in [5, 5.41) is 7.26. The highest BCUT2D eigenvalue weighted by Gasteiger charge is 2.19. The van der Waals surface area contributed by atoms with Crippen LogP contribution in [0.3, 0.4) is 0 Å². The molecule has 3 heterocycles. The van der Waals surface area contributed by atoms with E-state index in [1.54, 1.807) is 18.0 Å². The van der Waals surface area contributed by atoms with E-state index in [1.807, 2.05) is 62.0 Å².